The summed E-state index contributed by atoms with van der Waals surface area (Å²) in [4.78, 5) is 21.4. The number of amidine groups is 1. The van der Waals surface area contributed by atoms with Crippen LogP contribution < -0.4 is 15.2 Å². The second-order valence-electron chi connectivity index (χ2n) is 10.7. The lowest BCUT2D eigenvalue weighted by Gasteiger charge is -2.34. The molecule has 34 heavy (non-hydrogen) atoms. The topological polar surface area (TPSA) is 78.2 Å². The van der Waals surface area contributed by atoms with Gasteiger partial charge in [-0.25, -0.2) is 0 Å². The van der Waals surface area contributed by atoms with Crippen molar-refractivity contribution >= 4 is 41.0 Å². The molecule has 2 N–H and O–H groups in total. The van der Waals surface area contributed by atoms with Crippen molar-refractivity contribution in [2.45, 2.75) is 57.8 Å². The van der Waals surface area contributed by atoms with Gasteiger partial charge in [0, 0.05) is 23.5 Å². The fourth-order valence-corrected chi connectivity index (χ4v) is 5.49. The molecule has 172 valence electrons. The van der Waals surface area contributed by atoms with Gasteiger partial charge in [0.15, 0.2) is 11.9 Å². The molecule has 1 aliphatic carbocycles. The van der Waals surface area contributed by atoms with E-state index in [0.717, 1.165) is 34.9 Å². The van der Waals surface area contributed by atoms with E-state index < -0.39 is 5.41 Å². The van der Waals surface area contributed by atoms with E-state index in [1.54, 1.807) is 12.4 Å². The first-order valence-corrected chi connectivity index (χ1v) is 11.9. The highest BCUT2D eigenvalue weighted by Crippen LogP contribution is 2.42. The summed E-state index contributed by atoms with van der Waals surface area (Å²) in [5.41, 5.74) is 6.13. The van der Waals surface area contributed by atoms with Crippen molar-refractivity contribution in [3.05, 3.63) is 65.5 Å². The van der Waals surface area contributed by atoms with Crippen LogP contribution in [0.25, 0.3) is 0 Å². The average molecular weight is 454 g/mol. The first-order valence-electron chi connectivity index (χ1n) is 11.9. The number of anilines is 2. The standard InChI is InChI=1S/C27H28N6O/c1-26(2)11-5-6-17-7-9-19(15-21(17)26)33-13-12-28-16-23(33)31-25(32-33)29-18-8-10-20-22(14-18)30-24(34)27(20,3)4/h7-10,12-16H,5-6,11H2,1-4H3,(H-,29,30,32,34)/p+1. The Morgan fingerprint density at radius 1 is 1.06 bits per heavy atom. The summed E-state index contributed by atoms with van der Waals surface area (Å²) in [7, 11) is 0. The maximum Gasteiger partial charge on any atom is 0.287 e. The zero-order valence-electron chi connectivity index (χ0n) is 20.0. The van der Waals surface area contributed by atoms with Gasteiger partial charge in [0.2, 0.25) is 5.91 Å². The molecule has 6 rings (SSSR count). The lowest BCUT2D eigenvalue weighted by atomic mass is 9.72. The third-order valence-corrected chi connectivity index (χ3v) is 7.61. The summed E-state index contributed by atoms with van der Waals surface area (Å²) >= 11 is 0. The van der Waals surface area contributed by atoms with E-state index in [1.807, 2.05) is 38.2 Å². The van der Waals surface area contributed by atoms with Crippen LogP contribution in [0.1, 0.15) is 57.2 Å². The zero-order chi connectivity index (χ0) is 23.7. The van der Waals surface area contributed by atoms with Gasteiger partial charge in [-0.05, 0) is 72.4 Å². The second kappa shape index (κ2) is 6.96. The Hall–Kier alpha value is -3.58. The third kappa shape index (κ3) is 3.00. The van der Waals surface area contributed by atoms with E-state index in [-0.39, 0.29) is 15.9 Å². The van der Waals surface area contributed by atoms with Gasteiger partial charge in [-0.1, -0.05) is 30.6 Å². The molecule has 0 aromatic heterocycles. The number of aliphatic imine (C=N–C) groups is 2. The van der Waals surface area contributed by atoms with Crippen LogP contribution in [0.3, 0.4) is 0 Å². The Bertz CT molecular complexity index is 1360. The summed E-state index contributed by atoms with van der Waals surface area (Å²) in [6.45, 7) is 8.52. The molecule has 0 saturated heterocycles. The summed E-state index contributed by atoms with van der Waals surface area (Å²) in [5.74, 6) is 1.26. The van der Waals surface area contributed by atoms with E-state index in [9.17, 15) is 4.79 Å². The van der Waals surface area contributed by atoms with Crippen LogP contribution in [0.2, 0.25) is 0 Å². The number of amides is 1. The summed E-state index contributed by atoms with van der Waals surface area (Å²) in [5, 5.41) is 11.3. The van der Waals surface area contributed by atoms with Gasteiger partial charge in [-0.2, -0.15) is 4.99 Å². The van der Waals surface area contributed by atoms with Crippen molar-refractivity contribution in [3.63, 3.8) is 0 Å². The van der Waals surface area contributed by atoms with Crippen LogP contribution >= 0.6 is 0 Å². The Morgan fingerprint density at radius 2 is 1.91 bits per heavy atom. The predicted molar refractivity (Wildman–Crippen MR) is 138 cm³/mol. The number of fused-ring (bicyclic) bond motifs is 3. The van der Waals surface area contributed by atoms with Crippen LogP contribution in [0.15, 0.2) is 63.9 Å². The smallest absolute Gasteiger partial charge is 0.287 e. The molecule has 2 aromatic carbocycles. The highest BCUT2D eigenvalue weighted by molar-refractivity contribution is 6.38. The Labute approximate surface area is 199 Å². The maximum absolute atomic E-state index is 12.3. The Balaban J connectivity index is 1.37. The monoisotopic (exact) mass is 453 g/mol. The van der Waals surface area contributed by atoms with Crippen LogP contribution in [-0.2, 0) is 22.0 Å². The molecule has 1 unspecified atom stereocenters. The second-order valence-corrected chi connectivity index (χ2v) is 10.7. The predicted octanol–water partition coefficient (Wildman–Crippen LogP) is 5.19. The fraction of sp³-hybridized carbons (Fsp3) is 0.333. The molecular weight excluding hydrogens is 424 g/mol. The van der Waals surface area contributed by atoms with Crippen molar-refractivity contribution in [2.75, 3.05) is 10.6 Å². The molecule has 3 heterocycles. The maximum atomic E-state index is 12.3. The lowest BCUT2D eigenvalue weighted by Crippen LogP contribution is -2.44. The quantitative estimate of drug-likeness (QED) is 0.614. The molecule has 0 bridgehead atoms. The van der Waals surface area contributed by atoms with Crippen molar-refractivity contribution in [2.24, 2.45) is 15.1 Å². The normalized spacial score (nSPS) is 25.1. The molecule has 0 spiro atoms. The number of guanidine groups is 1. The minimum Gasteiger partial charge on any atom is -0.325 e. The highest BCUT2D eigenvalue weighted by Gasteiger charge is 2.44. The largest absolute Gasteiger partial charge is 0.325 e. The van der Waals surface area contributed by atoms with Crippen LogP contribution in [-0.4, -0.2) is 23.9 Å². The van der Waals surface area contributed by atoms with Crippen molar-refractivity contribution in [3.8, 4) is 0 Å². The lowest BCUT2D eigenvalue weighted by molar-refractivity contribution is -0.119. The van der Waals surface area contributed by atoms with E-state index in [2.05, 4.69) is 47.7 Å². The summed E-state index contributed by atoms with van der Waals surface area (Å²) in [6.07, 6.45) is 9.06. The van der Waals surface area contributed by atoms with E-state index >= 15 is 0 Å². The number of rotatable bonds is 2. The van der Waals surface area contributed by atoms with E-state index in [4.69, 9.17) is 10.1 Å². The van der Waals surface area contributed by atoms with Gasteiger partial charge in [0.25, 0.3) is 11.8 Å². The van der Waals surface area contributed by atoms with E-state index in [1.165, 1.54) is 24.0 Å². The van der Waals surface area contributed by atoms with Crippen molar-refractivity contribution < 1.29 is 4.79 Å². The van der Waals surface area contributed by atoms with Gasteiger partial charge in [-0.15, -0.1) is 0 Å². The van der Waals surface area contributed by atoms with Gasteiger partial charge in [0.1, 0.15) is 6.21 Å². The van der Waals surface area contributed by atoms with Gasteiger partial charge in [0.05, 0.1) is 11.6 Å². The first-order chi connectivity index (χ1) is 16.2. The average Bonchev–Trinajstić information content (AvgIpc) is 3.27. The van der Waals surface area contributed by atoms with Crippen molar-refractivity contribution in [1.82, 2.24) is 4.59 Å². The van der Waals surface area contributed by atoms with Crippen LogP contribution in [0, 0.1) is 0 Å². The molecule has 7 nitrogen and oxygen atoms in total. The fourth-order valence-electron chi connectivity index (χ4n) is 5.49. The number of quaternary nitrogens is 1. The molecular formula is C27H29N6O+. The molecule has 2 aromatic rings. The van der Waals surface area contributed by atoms with Gasteiger partial charge >= 0.3 is 0 Å². The zero-order valence-corrected chi connectivity index (χ0v) is 20.0. The summed E-state index contributed by atoms with van der Waals surface area (Å²) in [6, 6.07) is 12.6. The number of hydrogen-bond acceptors (Lipinski definition) is 5. The SMILES string of the molecule is CC1(C)CCCc2ccc([N+]34C=CN=CC3=NC(Nc3ccc5c(c3)NC(=O)C5(C)C)=N4)cc21. The minimum absolute atomic E-state index is 0.0106. The molecule has 3 aliphatic heterocycles. The minimum atomic E-state index is -0.531. The Morgan fingerprint density at radius 3 is 2.76 bits per heavy atom. The number of carbonyl (C=O) groups is 1. The van der Waals surface area contributed by atoms with Gasteiger partial charge < -0.3 is 10.6 Å². The number of hydrogen-bond donors (Lipinski definition) is 2. The van der Waals surface area contributed by atoms with Gasteiger partial charge in [-0.3, -0.25) is 9.79 Å². The number of aryl methyl sites for hydroxylation is 1. The molecule has 4 aliphatic rings. The number of carbonyl (C=O) groups excluding carboxylic acids is 1. The van der Waals surface area contributed by atoms with E-state index in [0.29, 0.717) is 5.96 Å². The molecule has 0 fully saturated rings. The number of nitrogens with zero attached hydrogens (tertiary/aromatic N) is 4. The van der Waals surface area contributed by atoms with Crippen LogP contribution in [0.4, 0.5) is 17.1 Å². The van der Waals surface area contributed by atoms with Crippen molar-refractivity contribution in [1.29, 1.82) is 0 Å². The molecule has 0 radical (unpaired) electrons. The molecule has 0 saturated carbocycles. The van der Waals surface area contributed by atoms with Crippen LogP contribution in [0.5, 0.6) is 0 Å². The first kappa shape index (κ1) is 21.0. The highest BCUT2D eigenvalue weighted by atomic mass is 16.2. The molecule has 1 amide bonds. The third-order valence-electron chi connectivity index (χ3n) is 7.61. The molecule has 7 heteroatoms. The number of benzene rings is 2. The Kier molecular flexibility index (Phi) is 4.30. The molecule has 1 atom stereocenters. The number of nitrogens with one attached hydrogen (secondary N) is 2. The summed E-state index contributed by atoms with van der Waals surface area (Å²) < 4.78 is 0.157.